The van der Waals surface area contributed by atoms with Gasteiger partial charge >= 0.3 is 0 Å². The number of methoxy groups -OCH3 is 1. The van der Waals surface area contributed by atoms with Crippen molar-refractivity contribution in [3.8, 4) is 11.1 Å². The molecule has 1 saturated carbocycles. The van der Waals surface area contributed by atoms with Crippen molar-refractivity contribution in [3.05, 3.63) is 64.1 Å². The average Bonchev–Trinajstić information content (AvgIpc) is 2.98. The molecule has 158 valence electrons. The van der Waals surface area contributed by atoms with Crippen LogP contribution in [0.2, 0.25) is 5.02 Å². The third-order valence-electron chi connectivity index (χ3n) is 6.72. The van der Waals surface area contributed by atoms with E-state index < -0.39 is 17.3 Å². The highest BCUT2D eigenvalue weighted by molar-refractivity contribution is 6.33. The highest BCUT2D eigenvalue weighted by atomic mass is 35.5. The molecule has 0 radical (unpaired) electrons. The van der Waals surface area contributed by atoms with Gasteiger partial charge in [0.05, 0.1) is 16.7 Å². The molecule has 0 bridgehead atoms. The molecule has 4 rings (SSSR count). The fourth-order valence-electron chi connectivity index (χ4n) is 4.53. The van der Waals surface area contributed by atoms with Gasteiger partial charge < -0.3 is 15.2 Å². The second-order valence-corrected chi connectivity index (χ2v) is 8.91. The van der Waals surface area contributed by atoms with E-state index in [9.17, 15) is 9.90 Å². The van der Waals surface area contributed by atoms with Crippen molar-refractivity contribution in [2.75, 3.05) is 7.11 Å². The molecule has 1 amide bonds. The lowest BCUT2D eigenvalue weighted by atomic mass is 9.74. The van der Waals surface area contributed by atoms with Crippen molar-refractivity contribution in [3.63, 3.8) is 0 Å². The van der Waals surface area contributed by atoms with E-state index in [-0.39, 0.29) is 22.5 Å². The van der Waals surface area contributed by atoms with Crippen LogP contribution in [0.1, 0.15) is 43.7 Å². The Morgan fingerprint density at radius 1 is 1.17 bits per heavy atom. The maximum atomic E-state index is 15.7. The zero-order chi connectivity index (χ0) is 21.7. The van der Waals surface area contributed by atoms with Crippen LogP contribution in [0.25, 0.3) is 16.7 Å². The van der Waals surface area contributed by atoms with Gasteiger partial charge in [0, 0.05) is 23.3 Å². The zero-order valence-electron chi connectivity index (χ0n) is 17.3. The predicted molar refractivity (Wildman–Crippen MR) is 116 cm³/mol. The number of benzene rings is 2. The smallest absolute Gasteiger partial charge is 0.256 e. The Hall–Kier alpha value is -2.37. The van der Waals surface area contributed by atoms with E-state index in [2.05, 4.69) is 5.32 Å². The van der Waals surface area contributed by atoms with Crippen molar-refractivity contribution in [1.29, 1.82) is 0 Å². The number of aliphatic hydroxyl groups is 1. The van der Waals surface area contributed by atoms with Gasteiger partial charge in [-0.05, 0) is 56.7 Å². The molecular weight excluding hydrogens is 405 g/mol. The Balaban J connectivity index is 1.85. The van der Waals surface area contributed by atoms with Crippen LogP contribution in [-0.4, -0.2) is 29.3 Å². The first-order chi connectivity index (χ1) is 14.2. The number of hydrogen-bond donors (Lipinski definition) is 2. The topological polar surface area (TPSA) is 58.6 Å². The van der Waals surface area contributed by atoms with E-state index in [1.807, 2.05) is 25.1 Å². The molecule has 0 atom stereocenters. The van der Waals surface area contributed by atoms with E-state index in [0.717, 1.165) is 0 Å². The molecule has 1 aliphatic carbocycles. The van der Waals surface area contributed by atoms with Crippen LogP contribution >= 0.6 is 11.6 Å². The SMILES string of the molecule is COC1(C)CCC2(CC1)NC(=O)C(c1c(C)c(Cl)cc(-c3ccccc3)c1F)=C2O. The highest BCUT2D eigenvalue weighted by Crippen LogP contribution is 2.47. The quantitative estimate of drug-likeness (QED) is 0.670. The van der Waals surface area contributed by atoms with Crippen molar-refractivity contribution in [1.82, 2.24) is 5.32 Å². The Kier molecular flexibility index (Phi) is 5.15. The van der Waals surface area contributed by atoms with Gasteiger partial charge in [0.25, 0.3) is 5.91 Å². The van der Waals surface area contributed by atoms with Crippen molar-refractivity contribution in [2.24, 2.45) is 0 Å². The van der Waals surface area contributed by atoms with Crippen molar-refractivity contribution < 1.29 is 19.0 Å². The number of aliphatic hydroxyl groups excluding tert-OH is 1. The summed E-state index contributed by atoms with van der Waals surface area (Å²) >= 11 is 6.43. The van der Waals surface area contributed by atoms with Crippen LogP contribution in [0.3, 0.4) is 0 Å². The number of halogens is 2. The number of carbonyl (C=O) groups excluding carboxylic acids is 1. The summed E-state index contributed by atoms with van der Waals surface area (Å²) in [4.78, 5) is 13.0. The monoisotopic (exact) mass is 429 g/mol. The Morgan fingerprint density at radius 2 is 1.80 bits per heavy atom. The molecule has 6 heteroatoms. The summed E-state index contributed by atoms with van der Waals surface area (Å²) in [6.45, 7) is 3.68. The largest absolute Gasteiger partial charge is 0.509 e. The van der Waals surface area contributed by atoms with Gasteiger partial charge in [0.1, 0.15) is 11.6 Å². The molecule has 4 nitrogen and oxygen atoms in total. The molecule has 0 saturated heterocycles. The lowest BCUT2D eigenvalue weighted by Crippen LogP contribution is -2.51. The summed E-state index contributed by atoms with van der Waals surface area (Å²) in [5, 5.41) is 14.5. The normalized spacial score (nSPS) is 26.4. The molecule has 2 aromatic rings. The number of amides is 1. The Bertz CT molecular complexity index is 1040. The van der Waals surface area contributed by atoms with Gasteiger partial charge in [-0.3, -0.25) is 4.79 Å². The van der Waals surface area contributed by atoms with Crippen LogP contribution in [0.15, 0.2) is 42.2 Å². The number of nitrogens with one attached hydrogen (secondary N) is 1. The molecule has 1 aliphatic heterocycles. The van der Waals surface area contributed by atoms with Gasteiger partial charge in [-0.2, -0.15) is 0 Å². The number of ether oxygens (including phenoxy) is 1. The first-order valence-electron chi connectivity index (χ1n) is 10.1. The van der Waals surface area contributed by atoms with Gasteiger partial charge in [0.15, 0.2) is 0 Å². The third kappa shape index (κ3) is 3.21. The van der Waals surface area contributed by atoms with Crippen LogP contribution in [0.4, 0.5) is 4.39 Å². The maximum absolute atomic E-state index is 15.7. The standard InChI is InChI=1S/C24H25ClFNO3/c1-14-17(25)13-16(15-7-5-4-6-8-15)20(26)18(14)19-21(28)24(27-22(19)29)11-9-23(2,30-3)10-12-24/h4-8,13,28H,9-12H2,1-3H3,(H,27,29). The summed E-state index contributed by atoms with van der Waals surface area (Å²) in [6.07, 6.45) is 2.39. The van der Waals surface area contributed by atoms with Gasteiger partial charge in [0.2, 0.25) is 0 Å². The van der Waals surface area contributed by atoms with Gasteiger partial charge in [-0.25, -0.2) is 4.39 Å². The summed E-state index contributed by atoms with van der Waals surface area (Å²) in [7, 11) is 1.67. The Labute approximate surface area is 180 Å². The predicted octanol–water partition coefficient (Wildman–Crippen LogP) is 5.57. The fraction of sp³-hybridized carbons (Fsp3) is 0.375. The maximum Gasteiger partial charge on any atom is 0.256 e. The lowest BCUT2D eigenvalue weighted by Gasteiger charge is -2.42. The van der Waals surface area contributed by atoms with E-state index in [1.54, 1.807) is 32.2 Å². The molecule has 0 unspecified atom stereocenters. The minimum Gasteiger partial charge on any atom is -0.509 e. The lowest BCUT2D eigenvalue weighted by molar-refractivity contribution is -0.117. The molecule has 2 N–H and O–H groups in total. The Morgan fingerprint density at radius 3 is 2.40 bits per heavy atom. The van der Waals surface area contributed by atoms with Gasteiger partial charge in [-0.1, -0.05) is 41.9 Å². The van der Waals surface area contributed by atoms with E-state index in [1.165, 1.54) is 0 Å². The number of hydrogen-bond acceptors (Lipinski definition) is 3. The first kappa shape index (κ1) is 20.9. The van der Waals surface area contributed by atoms with Crippen LogP contribution < -0.4 is 5.32 Å². The van der Waals surface area contributed by atoms with Crippen LogP contribution in [0, 0.1) is 12.7 Å². The number of carbonyl (C=O) groups is 1. The number of rotatable bonds is 3. The van der Waals surface area contributed by atoms with Crippen LogP contribution in [-0.2, 0) is 9.53 Å². The molecule has 1 heterocycles. The van der Waals surface area contributed by atoms with Crippen molar-refractivity contribution >= 4 is 23.1 Å². The van der Waals surface area contributed by atoms with Crippen molar-refractivity contribution in [2.45, 2.75) is 50.7 Å². The molecule has 30 heavy (non-hydrogen) atoms. The molecule has 1 spiro atoms. The second kappa shape index (κ2) is 7.40. The van der Waals surface area contributed by atoms with E-state index in [4.69, 9.17) is 16.3 Å². The molecule has 1 fully saturated rings. The molecule has 2 aliphatic rings. The zero-order valence-corrected chi connectivity index (χ0v) is 18.1. The fourth-order valence-corrected chi connectivity index (χ4v) is 4.73. The van der Waals surface area contributed by atoms with E-state index in [0.29, 0.717) is 47.4 Å². The van der Waals surface area contributed by atoms with E-state index >= 15 is 4.39 Å². The summed E-state index contributed by atoms with van der Waals surface area (Å²) in [5.74, 6) is -1.14. The minimum atomic E-state index is -0.890. The third-order valence-corrected chi connectivity index (χ3v) is 7.11. The minimum absolute atomic E-state index is 0.0225. The molecular formula is C24H25ClFNO3. The van der Waals surface area contributed by atoms with Gasteiger partial charge in [-0.15, -0.1) is 0 Å². The average molecular weight is 430 g/mol. The highest BCUT2D eigenvalue weighted by Gasteiger charge is 2.51. The molecule has 0 aromatic heterocycles. The summed E-state index contributed by atoms with van der Waals surface area (Å²) in [6, 6.07) is 10.6. The van der Waals surface area contributed by atoms with Crippen LogP contribution in [0.5, 0.6) is 0 Å². The summed E-state index contributed by atoms with van der Waals surface area (Å²) < 4.78 is 21.3. The second-order valence-electron chi connectivity index (χ2n) is 8.50. The first-order valence-corrected chi connectivity index (χ1v) is 10.4. The molecule has 2 aromatic carbocycles. The summed E-state index contributed by atoms with van der Waals surface area (Å²) in [5.41, 5.74) is 0.236.